The van der Waals surface area contributed by atoms with E-state index in [1.165, 1.54) is 6.07 Å². The lowest BCUT2D eigenvalue weighted by atomic mass is 10.0. The largest absolute Gasteiger partial charge is 0.207 e. The van der Waals surface area contributed by atoms with E-state index in [2.05, 4.69) is 38.5 Å². The first-order valence-electron chi connectivity index (χ1n) is 5.40. The molecule has 0 bridgehead atoms. The van der Waals surface area contributed by atoms with Gasteiger partial charge in [-0.3, -0.25) is 0 Å². The molecule has 1 atom stereocenters. The molecule has 0 radical (unpaired) electrons. The summed E-state index contributed by atoms with van der Waals surface area (Å²) in [5.74, 6) is -0.201. The van der Waals surface area contributed by atoms with Crippen LogP contribution in [0.25, 0.3) is 0 Å². The molecule has 0 heterocycles. The minimum absolute atomic E-state index is 0.130. The smallest absolute Gasteiger partial charge is 0.123 e. The zero-order valence-electron chi connectivity index (χ0n) is 9.34. The van der Waals surface area contributed by atoms with Gasteiger partial charge in [-0.05, 0) is 70.5 Å². The van der Waals surface area contributed by atoms with Crippen molar-refractivity contribution in [1.82, 2.24) is 0 Å². The van der Waals surface area contributed by atoms with Crippen LogP contribution in [-0.2, 0) is 6.42 Å². The molecular formula is C14H10BrClFI. The van der Waals surface area contributed by atoms with Crippen molar-refractivity contribution < 1.29 is 4.39 Å². The zero-order valence-corrected chi connectivity index (χ0v) is 13.8. The second-order valence-corrected chi connectivity index (χ2v) is 6.67. The van der Waals surface area contributed by atoms with E-state index in [0.717, 1.165) is 21.1 Å². The lowest BCUT2D eigenvalue weighted by Gasteiger charge is -2.13. The fourth-order valence-corrected chi connectivity index (χ4v) is 3.81. The summed E-state index contributed by atoms with van der Waals surface area (Å²) in [7, 11) is 0. The Bertz CT molecular complexity index is 559. The summed E-state index contributed by atoms with van der Waals surface area (Å²) < 4.78 is 14.3. The Morgan fingerprint density at radius 1 is 1.22 bits per heavy atom. The van der Waals surface area contributed by atoms with Gasteiger partial charge in [-0.25, -0.2) is 4.39 Å². The van der Waals surface area contributed by atoms with E-state index in [9.17, 15) is 4.39 Å². The molecule has 2 aromatic carbocycles. The van der Waals surface area contributed by atoms with E-state index in [4.69, 9.17) is 11.6 Å². The summed E-state index contributed by atoms with van der Waals surface area (Å²) in [6.07, 6.45) is 0.730. The first-order valence-corrected chi connectivity index (χ1v) is 7.77. The number of hydrogen-bond acceptors (Lipinski definition) is 0. The third-order valence-corrected chi connectivity index (χ3v) is 4.63. The van der Waals surface area contributed by atoms with Crippen molar-refractivity contribution in [3.63, 3.8) is 0 Å². The SMILES string of the molecule is Fc1cccc(CC(Br)c2cc(Cl)ccc2I)c1. The van der Waals surface area contributed by atoms with Crippen LogP contribution in [0.3, 0.4) is 0 Å². The summed E-state index contributed by atoms with van der Waals surface area (Å²) in [4.78, 5) is 0.130. The third kappa shape index (κ3) is 3.68. The standard InChI is InChI=1S/C14H10BrClFI/c15-13(7-9-2-1-3-11(17)6-9)12-8-10(16)4-5-14(12)18/h1-6,8,13H,7H2. The van der Waals surface area contributed by atoms with Gasteiger partial charge in [0.25, 0.3) is 0 Å². The van der Waals surface area contributed by atoms with Gasteiger partial charge >= 0.3 is 0 Å². The Balaban J connectivity index is 2.21. The van der Waals surface area contributed by atoms with Crippen molar-refractivity contribution in [2.75, 3.05) is 0 Å². The van der Waals surface area contributed by atoms with Crippen LogP contribution in [0.15, 0.2) is 42.5 Å². The van der Waals surface area contributed by atoms with Gasteiger partial charge in [-0.2, -0.15) is 0 Å². The van der Waals surface area contributed by atoms with Crippen LogP contribution < -0.4 is 0 Å². The maximum Gasteiger partial charge on any atom is 0.123 e. The Labute approximate surface area is 133 Å². The van der Waals surface area contributed by atoms with Gasteiger partial charge in [0.1, 0.15) is 5.82 Å². The fourth-order valence-electron chi connectivity index (χ4n) is 1.74. The number of rotatable bonds is 3. The average molecular weight is 439 g/mol. The van der Waals surface area contributed by atoms with Crippen molar-refractivity contribution in [2.45, 2.75) is 11.2 Å². The molecule has 1 unspecified atom stereocenters. The van der Waals surface area contributed by atoms with Crippen LogP contribution in [0.5, 0.6) is 0 Å². The Hall–Kier alpha value is -0.130. The Kier molecular flexibility index (Phi) is 5.04. The van der Waals surface area contributed by atoms with E-state index < -0.39 is 0 Å². The lowest BCUT2D eigenvalue weighted by Crippen LogP contribution is -1.98. The summed E-state index contributed by atoms with van der Waals surface area (Å²) in [5.41, 5.74) is 2.10. The molecular weight excluding hydrogens is 429 g/mol. The molecule has 4 heteroatoms. The molecule has 2 rings (SSSR count). The van der Waals surface area contributed by atoms with Crippen LogP contribution in [0.1, 0.15) is 16.0 Å². The zero-order chi connectivity index (χ0) is 13.1. The number of hydrogen-bond donors (Lipinski definition) is 0. The van der Waals surface area contributed by atoms with E-state index in [-0.39, 0.29) is 10.6 Å². The van der Waals surface area contributed by atoms with E-state index in [1.54, 1.807) is 12.1 Å². The highest BCUT2D eigenvalue weighted by Gasteiger charge is 2.12. The molecule has 2 aromatic rings. The van der Waals surface area contributed by atoms with Crippen molar-refractivity contribution in [1.29, 1.82) is 0 Å². The van der Waals surface area contributed by atoms with Crippen LogP contribution >= 0.6 is 50.1 Å². The average Bonchev–Trinajstić information content (AvgIpc) is 2.32. The molecule has 94 valence electrons. The Morgan fingerprint density at radius 2 is 2.00 bits per heavy atom. The molecule has 0 aliphatic carbocycles. The van der Waals surface area contributed by atoms with Gasteiger partial charge in [-0.15, -0.1) is 0 Å². The normalized spacial score (nSPS) is 12.4. The Morgan fingerprint density at radius 3 is 2.72 bits per heavy atom. The molecule has 0 fully saturated rings. The van der Waals surface area contributed by atoms with Gasteiger partial charge in [-0.1, -0.05) is 39.7 Å². The van der Waals surface area contributed by atoms with Gasteiger partial charge < -0.3 is 0 Å². The van der Waals surface area contributed by atoms with Crippen LogP contribution in [0, 0.1) is 9.39 Å². The maximum absolute atomic E-state index is 13.1. The third-order valence-electron chi connectivity index (χ3n) is 2.60. The summed E-state index contributed by atoms with van der Waals surface area (Å²) >= 11 is 11.9. The summed E-state index contributed by atoms with van der Waals surface area (Å²) in [5, 5.41) is 0.717. The van der Waals surface area contributed by atoms with Crippen LogP contribution in [-0.4, -0.2) is 0 Å². The van der Waals surface area contributed by atoms with E-state index >= 15 is 0 Å². The molecule has 0 spiro atoms. The highest BCUT2D eigenvalue weighted by molar-refractivity contribution is 14.1. The minimum Gasteiger partial charge on any atom is -0.207 e. The molecule has 0 nitrogen and oxygen atoms in total. The van der Waals surface area contributed by atoms with Gasteiger partial charge in [0.2, 0.25) is 0 Å². The molecule has 0 aliphatic heterocycles. The quantitative estimate of drug-likeness (QED) is 0.421. The van der Waals surface area contributed by atoms with Crippen LogP contribution in [0.4, 0.5) is 4.39 Å². The molecule has 0 N–H and O–H groups in total. The van der Waals surface area contributed by atoms with Crippen LogP contribution in [0.2, 0.25) is 5.02 Å². The molecule has 0 saturated heterocycles. The van der Waals surface area contributed by atoms with E-state index in [1.807, 2.05) is 24.3 Å². The van der Waals surface area contributed by atoms with Crippen molar-refractivity contribution in [3.05, 3.63) is 68.0 Å². The number of alkyl halides is 1. The van der Waals surface area contributed by atoms with Crippen molar-refractivity contribution in [3.8, 4) is 0 Å². The number of benzene rings is 2. The molecule has 0 aliphatic rings. The predicted molar refractivity (Wildman–Crippen MR) is 85.9 cm³/mol. The topological polar surface area (TPSA) is 0 Å². The van der Waals surface area contributed by atoms with Gasteiger partial charge in [0, 0.05) is 13.4 Å². The van der Waals surface area contributed by atoms with Crippen molar-refractivity contribution >= 4 is 50.1 Å². The van der Waals surface area contributed by atoms with E-state index in [0.29, 0.717) is 5.02 Å². The summed E-state index contributed by atoms with van der Waals surface area (Å²) in [6, 6.07) is 12.5. The summed E-state index contributed by atoms with van der Waals surface area (Å²) in [6.45, 7) is 0. The molecule has 18 heavy (non-hydrogen) atoms. The second kappa shape index (κ2) is 6.35. The highest BCUT2D eigenvalue weighted by atomic mass is 127. The monoisotopic (exact) mass is 438 g/mol. The molecule has 0 saturated carbocycles. The van der Waals surface area contributed by atoms with Crippen molar-refractivity contribution in [2.24, 2.45) is 0 Å². The second-order valence-electron chi connectivity index (χ2n) is 3.97. The first-order chi connectivity index (χ1) is 8.56. The minimum atomic E-state index is -0.201. The highest BCUT2D eigenvalue weighted by Crippen LogP contribution is 2.32. The first kappa shape index (κ1) is 14.3. The predicted octanol–water partition coefficient (Wildman–Crippen LogP) is 5.76. The van der Waals surface area contributed by atoms with Gasteiger partial charge in [0.05, 0.1) is 0 Å². The maximum atomic E-state index is 13.1. The fraction of sp³-hybridized carbons (Fsp3) is 0.143. The van der Waals surface area contributed by atoms with Gasteiger partial charge in [0.15, 0.2) is 0 Å². The lowest BCUT2D eigenvalue weighted by molar-refractivity contribution is 0.625. The molecule has 0 amide bonds. The number of halogens is 4. The molecule has 0 aromatic heterocycles.